The number of rotatable bonds is 3. The summed E-state index contributed by atoms with van der Waals surface area (Å²) < 4.78 is 4.35. The summed E-state index contributed by atoms with van der Waals surface area (Å²) >= 11 is 3.67. The first-order valence-electron chi connectivity index (χ1n) is 2.58. The van der Waals surface area contributed by atoms with Crippen molar-refractivity contribution in [2.75, 3.05) is 5.75 Å². The van der Waals surface area contributed by atoms with Crippen molar-refractivity contribution in [1.82, 2.24) is 0 Å². The SMILES string of the molecule is CC(=O)O[C@@H](CS)C(=O)O. The molecule has 0 aliphatic rings. The molecule has 0 aromatic heterocycles. The summed E-state index contributed by atoms with van der Waals surface area (Å²) in [6, 6.07) is 0. The molecule has 0 aliphatic heterocycles. The number of hydrogen-bond acceptors (Lipinski definition) is 4. The highest BCUT2D eigenvalue weighted by molar-refractivity contribution is 7.80. The highest BCUT2D eigenvalue weighted by Gasteiger charge is 2.17. The van der Waals surface area contributed by atoms with Crippen molar-refractivity contribution in [1.29, 1.82) is 0 Å². The van der Waals surface area contributed by atoms with Crippen LogP contribution in [-0.4, -0.2) is 28.9 Å². The van der Waals surface area contributed by atoms with Crippen molar-refractivity contribution in [2.45, 2.75) is 13.0 Å². The molecule has 0 spiro atoms. The second-order valence-corrected chi connectivity index (χ2v) is 1.98. The van der Waals surface area contributed by atoms with Crippen molar-refractivity contribution in [3.8, 4) is 0 Å². The third kappa shape index (κ3) is 3.34. The van der Waals surface area contributed by atoms with Gasteiger partial charge in [-0.2, -0.15) is 12.6 Å². The lowest BCUT2D eigenvalue weighted by molar-refractivity contribution is -0.160. The van der Waals surface area contributed by atoms with Crippen molar-refractivity contribution in [3.05, 3.63) is 0 Å². The predicted molar refractivity (Wildman–Crippen MR) is 37.0 cm³/mol. The molecular weight excluding hydrogens is 156 g/mol. The number of hydrogen-bond donors (Lipinski definition) is 2. The summed E-state index contributed by atoms with van der Waals surface area (Å²) in [4.78, 5) is 20.3. The van der Waals surface area contributed by atoms with Gasteiger partial charge in [0, 0.05) is 12.7 Å². The zero-order valence-corrected chi connectivity index (χ0v) is 6.30. The first-order chi connectivity index (χ1) is 4.57. The van der Waals surface area contributed by atoms with Gasteiger partial charge in [0.15, 0.2) is 0 Å². The van der Waals surface area contributed by atoms with Gasteiger partial charge in [-0.05, 0) is 0 Å². The van der Waals surface area contributed by atoms with Gasteiger partial charge in [0.05, 0.1) is 0 Å². The first-order valence-corrected chi connectivity index (χ1v) is 3.22. The largest absolute Gasteiger partial charge is 0.478 e. The van der Waals surface area contributed by atoms with Crippen LogP contribution in [0, 0.1) is 0 Å². The summed E-state index contributed by atoms with van der Waals surface area (Å²) in [5, 5.41) is 8.30. The fourth-order valence-corrected chi connectivity index (χ4v) is 0.597. The van der Waals surface area contributed by atoms with E-state index in [0.717, 1.165) is 6.92 Å². The maximum atomic E-state index is 10.2. The minimum atomic E-state index is -1.18. The standard InChI is InChI=1S/C5H8O4S/c1-3(6)9-4(2-10)5(7)8/h4,10H,2H2,1H3,(H,7,8)/t4-/m0/s1. The summed E-state index contributed by atoms with van der Waals surface area (Å²) in [6.45, 7) is 1.15. The van der Waals surface area contributed by atoms with E-state index in [1.807, 2.05) is 0 Å². The molecular formula is C5H8O4S. The maximum absolute atomic E-state index is 10.2. The van der Waals surface area contributed by atoms with Crippen LogP contribution in [0.1, 0.15) is 6.92 Å². The minimum Gasteiger partial charge on any atom is -0.478 e. The third-order valence-electron chi connectivity index (χ3n) is 0.749. The molecule has 0 fully saturated rings. The molecule has 1 atom stereocenters. The molecule has 0 saturated heterocycles. The van der Waals surface area contributed by atoms with Gasteiger partial charge >= 0.3 is 11.9 Å². The average Bonchev–Trinajstić information content (AvgIpc) is 1.81. The third-order valence-corrected chi connectivity index (χ3v) is 1.08. The van der Waals surface area contributed by atoms with Crippen molar-refractivity contribution in [2.24, 2.45) is 0 Å². The Morgan fingerprint density at radius 2 is 2.20 bits per heavy atom. The molecule has 58 valence electrons. The van der Waals surface area contributed by atoms with Gasteiger partial charge in [-0.25, -0.2) is 4.79 Å². The predicted octanol–water partition coefficient (Wildman–Crippen LogP) is -0.0675. The van der Waals surface area contributed by atoms with Gasteiger partial charge in [-0.15, -0.1) is 0 Å². The fraction of sp³-hybridized carbons (Fsp3) is 0.600. The van der Waals surface area contributed by atoms with Gasteiger partial charge in [0.2, 0.25) is 6.10 Å². The number of carboxylic acid groups (broad SMARTS) is 1. The average molecular weight is 164 g/mol. The van der Waals surface area contributed by atoms with E-state index in [9.17, 15) is 9.59 Å². The highest BCUT2D eigenvalue weighted by atomic mass is 32.1. The first kappa shape index (κ1) is 9.29. The molecule has 0 unspecified atom stereocenters. The zero-order valence-electron chi connectivity index (χ0n) is 5.40. The van der Waals surface area contributed by atoms with Gasteiger partial charge < -0.3 is 9.84 Å². The Hall–Kier alpha value is -0.710. The molecule has 0 aromatic rings. The van der Waals surface area contributed by atoms with E-state index in [1.165, 1.54) is 0 Å². The number of aliphatic carboxylic acids is 1. The Morgan fingerprint density at radius 1 is 1.70 bits per heavy atom. The number of carboxylic acids is 1. The van der Waals surface area contributed by atoms with E-state index >= 15 is 0 Å². The lowest BCUT2D eigenvalue weighted by Gasteiger charge is -2.07. The second kappa shape index (κ2) is 4.16. The van der Waals surface area contributed by atoms with Crippen molar-refractivity contribution >= 4 is 24.6 Å². The molecule has 0 aromatic carbocycles. The molecule has 4 nitrogen and oxygen atoms in total. The molecule has 10 heavy (non-hydrogen) atoms. The van der Waals surface area contributed by atoms with Crippen LogP contribution in [0.3, 0.4) is 0 Å². The van der Waals surface area contributed by atoms with E-state index in [1.54, 1.807) is 0 Å². The molecule has 0 bridgehead atoms. The van der Waals surface area contributed by atoms with Crippen LogP contribution in [0.4, 0.5) is 0 Å². The van der Waals surface area contributed by atoms with Gasteiger partial charge in [-0.3, -0.25) is 4.79 Å². The van der Waals surface area contributed by atoms with Crippen LogP contribution in [0.2, 0.25) is 0 Å². The van der Waals surface area contributed by atoms with Crippen LogP contribution in [0.25, 0.3) is 0 Å². The van der Waals surface area contributed by atoms with E-state index in [-0.39, 0.29) is 5.75 Å². The van der Waals surface area contributed by atoms with Crippen molar-refractivity contribution < 1.29 is 19.4 Å². The summed E-state index contributed by atoms with van der Waals surface area (Å²) in [5.41, 5.74) is 0. The molecule has 0 rings (SSSR count). The molecule has 5 heteroatoms. The molecule has 0 amide bonds. The molecule has 0 aliphatic carbocycles. The number of carbonyl (C=O) groups excluding carboxylic acids is 1. The molecule has 0 heterocycles. The Morgan fingerprint density at radius 3 is 2.30 bits per heavy atom. The highest BCUT2D eigenvalue weighted by Crippen LogP contribution is 1.95. The van der Waals surface area contributed by atoms with E-state index in [2.05, 4.69) is 17.4 Å². The Bertz CT molecular complexity index is 145. The monoisotopic (exact) mass is 164 g/mol. The van der Waals surface area contributed by atoms with Crippen LogP contribution < -0.4 is 0 Å². The van der Waals surface area contributed by atoms with Gasteiger partial charge in [-0.1, -0.05) is 0 Å². The Labute approximate surface area is 63.6 Å². The topological polar surface area (TPSA) is 63.6 Å². The van der Waals surface area contributed by atoms with Crippen molar-refractivity contribution in [3.63, 3.8) is 0 Å². The maximum Gasteiger partial charge on any atom is 0.345 e. The zero-order chi connectivity index (χ0) is 8.15. The van der Waals surface area contributed by atoms with Gasteiger partial charge in [0.25, 0.3) is 0 Å². The van der Waals surface area contributed by atoms with E-state index in [0.29, 0.717) is 0 Å². The number of esters is 1. The fourth-order valence-electron chi connectivity index (χ4n) is 0.366. The molecule has 1 N–H and O–H groups in total. The Balaban J connectivity index is 3.83. The van der Waals surface area contributed by atoms with Crippen LogP contribution in [-0.2, 0) is 14.3 Å². The lowest BCUT2D eigenvalue weighted by atomic mass is 10.4. The normalized spacial score (nSPS) is 12.2. The van der Waals surface area contributed by atoms with Crippen LogP contribution >= 0.6 is 12.6 Å². The smallest absolute Gasteiger partial charge is 0.345 e. The quantitative estimate of drug-likeness (QED) is 0.453. The summed E-state index contributed by atoms with van der Waals surface area (Å²) in [5.74, 6) is -1.79. The lowest BCUT2D eigenvalue weighted by Crippen LogP contribution is -2.27. The molecule has 0 saturated carbocycles. The Kier molecular flexibility index (Phi) is 3.87. The minimum absolute atomic E-state index is 0.00505. The van der Waals surface area contributed by atoms with E-state index < -0.39 is 18.0 Å². The number of thiol groups is 1. The summed E-state index contributed by atoms with van der Waals surface area (Å²) in [6.07, 6.45) is -1.12. The number of ether oxygens (including phenoxy) is 1. The molecule has 0 radical (unpaired) electrons. The summed E-state index contributed by atoms with van der Waals surface area (Å²) in [7, 11) is 0. The van der Waals surface area contributed by atoms with E-state index in [4.69, 9.17) is 5.11 Å². The van der Waals surface area contributed by atoms with Crippen LogP contribution in [0.15, 0.2) is 0 Å². The van der Waals surface area contributed by atoms with Crippen LogP contribution in [0.5, 0.6) is 0 Å². The van der Waals surface area contributed by atoms with Gasteiger partial charge in [0.1, 0.15) is 0 Å². The number of carbonyl (C=O) groups is 2. The second-order valence-electron chi connectivity index (χ2n) is 1.62.